The van der Waals surface area contributed by atoms with E-state index in [1.165, 1.54) is 0 Å². The van der Waals surface area contributed by atoms with Gasteiger partial charge < -0.3 is 30.3 Å². The van der Waals surface area contributed by atoms with Crippen LogP contribution in [0.25, 0.3) is 0 Å². The number of aliphatic hydroxyl groups excluding tert-OH is 2. The van der Waals surface area contributed by atoms with Gasteiger partial charge in [-0.2, -0.15) is 0 Å². The number of benzene rings is 2. The lowest BCUT2D eigenvalue weighted by Crippen LogP contribution is -2.54. The van der Waals surface area contributed by atoms with E-state index in [-0.39, 0.29) is 19.0 Å². The largest absolute Gasteiger partial charge is 0.444 e. The highest BCUT2D eigenvalue weighted by Gasteiger charge is 2.30. The number of alkyl carbamates (subject to hydrolysis) is 2. The van der Waals surface area contributed by atoms with Crippen molar-refractivity contribution in [2.45, 2.75) is 104 Å². The summed E-state index contributed by atoms with van der Waals surface area (Å²) >= 11 is 0. The van der Waals surface area contributed by atoms with Gasteiger partial charge in [0.1, 0.15) is 11.2 Å². The monoisotopic (exact) mass is 599 g/mol. The first-order chi connectivity index (χ1) is 20.0. The molecule has 2 amide bonds. The smallest absolute Gasteiger partial charge is 0.407 e. The Bertz CT molecular complexity index is 1020. The maximum Gasteiger partial charge on any atom is 0.407 e. The summed E-state index contributed by atoms with van der Waals surface area (Å²) in [5.74, 6) is 0.233. The molecule has 0 heterocycles. The predicted octanol–water partition coefficient (Wildman–Crippen LogP) is 4.94. The number of carbonyl (C=O) groups is 2. The van der Waals surface area contributed by atoms with Crippen molar-refractivity contribution in [3.05, 3.63) is 71.8 Å². The summed E-state index contributed by atoms with van der Waals surface area (Å²) < 4.78 is 11.0. The van der Waals surface area contributed by atoms with Gasteiger partial charge in [0.05, 0.1) is 24.3 Å². The fourth-order valence-electron chi connectivity index (χ4n) is 4.74. The molecule has 0 bridgehead atoms. The van der Waals surface area contributed by atoms with Crippen molar-refractivity contribution in [2.75, 3.05) is 19.6 Å². The average Bonchev–Trinajstić information content (AvgIpc) is 2.86. The average molecular weight is 600 g/mol. The van der Waals surface area contributed by atoms with Crippen LogP contribution in [-0.2, 0) is 22.3 Å². The Kier molecular flexibility index (Phi) is 14.0. The molecule has 0 unspecified atom stereocenters. The minimum atomic E-state index is -0.968. The molecule has 0 aliphatic carbocycles. The molecule has 4 N–H and O–H groups in total. The molecule has 0 spiro atoms. The van der Waals surface area contributed by atoms with Crippen molar-refractivity contribution in [3.8, 4) is 0 Å². The number of nitrogens with one attached hydrogen (secondary N) is 2. The van der Waals surface area contributed by atoms with E-state index in [0.29, 0.717) is 19.4 Å². The topological polar surface area (TPSA) is 120 Å². The van der Waals surface area contributed by atoms with E-state index < -0.39 is 47.7 Å². The molecule has 2 aromatic carbocycles. The highest BCUT2D eigenvalue weighted by atomic mass is 16.6. The van der Waals surface area contributed by atoms with Crippen molar-refractivity contribution in [1.29, 1.82) is 0 Å². The van der Waals surface area contributed by atoms with Crippen molar-refractivity contribution in [3.63, 3.8) is 0 Å². The minimum absolute atomic E-state index is 0.188. The molecule has 9 nitrogen and oxygen atoms in total. The zero-order valence-electron chi connectivity index (χ0n) is 27.2. The van der Waals surface area contributed by atoms with Crippen LogP contribution in [0.15, 0.2) is 60.7 Å². The van der Waals surface area contributed by atoms with Gasteiger partial charge in [-0.1, -0.05) is 74.5 Å². The van der Waals surface area contributed by atoms with E-state index in [1.807, 2.05) is 65.6 Å². The zero-order valence-corrected chi connectivity index (χ0v) is 27.2. The maximum atomic E-state index is 12.7. The second-order valence-electron chi connectivity index (χ2n) is 13.6. The summed E-state index contributed by atoms with van der Waals surface area (Å²) in [6, 6.07) is 18.0. The number of nitrogens with zero attached hydrogens (tertiary/aromatic N) is 1. The normalized spacial score (nSPS) is 15.0. The van der Waals surface area contributed by atoms with Gasteiger partial charge in [0.15, 0.2) is 0 Å². The summed E-state index contributed by atoms with van der Waals surface area (Å²) in [6.45, 7) is 15.8. The Balaban J connectivity index is 2.24. The summed E-state index contributed by atoms with van der Waals surface area (Å²) in [7, 11) is 0. The Hall–Kier alpha value is -3.14. The molecule has 0 aliphatic heterocycles. The SMILES string of the molecule is CC(C)CN(C[C@H](O)[C@H](Cc1ccccc1)NC(=O)OC(C)(C)C)C[C@H](O)[C@@H](Cc1ccccc1)NC(=O)OC(C)(C)C. The van der Waals surface area contributed by atoms with Crippen molar-refractivity contribution in [1.82, 2.24) is 15.5 Å². The molecular formula is C34H53N3O6. The van der Waals surface area contributed by atoms with Crippen LogP contribution >= 0.6 is 0 Å². The lowest BCUT2D eigenvalue weighted by atomic mass is 9.98. The van der Waals surface area contributed by atoms with Gasteiger partial charge in [0, 0.05) is 19.6 Å². The molecule has 9 heteroatoms. The standard InChI is InChI=1S/C34H53N3O6/c1-24(2)21-37(22-29(38)27(19-25-15-11-9-12-16-25)35-31(40)42-33(3,4)5)23-30(39)28(20-26-17-13-10-14-18-26)36-32(41)43-34(6,7)8/h9-18,24,27-30,38-39H,19-23H2,1-8H3,(H,35,40)(H,36,41)/t27-,28+,29-,30-/m0/s1. The third-order valence-electron chi connectivity index (χ3n) is 6.44. The number of rotatable bonds is 14. The molecule has 4 atom stereocenters. The number of ether oxygens (including phenoxy) is 2. The van der Waals surface area contributed by atoms with E-state index in [1.54, 1.807) is 41.5 Å². The van der Waals surface area contributed by atoms with Crippen LogP contribution in [0.4, 0.5) is 9.59 Å². The lowest BCUT2D eigenvalue weighted by molar-refractivity contribution is 0.0183. The Morgan fingerprint density at radius 3 is 1.33 bits per heavy atom. The molecule has 0 saturated heterocycles. The molecule has 2 rings (SSSR count). The van der Waals surface area contributed by atoms with E-state index in [9.17, 15) is 19.8 Å². The molecule has 240 valence electrons. The van der Waals surface area contributed by atoms with Crippen LogP contribution in [0.1, 0.15) is 66.5 Å². The van der Waals surface area contributed by atoms with Gasteiger partial charge in [-0.05, 0) is 71.4 Å². The van der Waals surface area contributed by atoms with E-state index in [2.05, 4.69) is 24.5 Å². The third-order valence-corrected chi connectivity index (χ3v) is 6.44. The van der Waals surface area contributed by atoms with Crippen molar-refractivity contribution >= 4 is 12.2 Å². The number of carbonyl (C=O) groups excluding carboxylic acids is 2. The molecule has 0 saturated carbocycles. The van der Waals surface area contributed by atoms with Crippen LogP contribution < -0.4 is 10.6 Å². The molecule has 0 radical (unpaired) electrons. The first-order valence-electron chi connectivity index (χ1n) is 15.2. The minimum Gasteiger partial charge on any atom is -0.444 e. The highest BCUT2D eigenvalue weighted by molar-refractivity contribution is 5.68. The van der Waals surface area contributed by atoms with E-state index in [0.717, 1.165) is 11.1 Å². The van der Waals surface area contributed by atoms with Crippen LogP contribution in [0.5, 0.6) is 0 Å². The number of hydrogen-bond acceptors (Lipinski definition) is 7. The lowest BCUT2D eigenvalue weighted by Gasteiger charge is -2.34. The van der Waals surface area contributed by atoms with E-state index in [4.69, 9.17) is 9.47 Å². The summed E-state index contributed by atoms with van der Waals surface area (Å²) in [4.78, 5) is 27.4. The van der Waals surface area contributed by atoms with Crippen molar-refractivity contribution in [2.24, 2.45) is 5.92 Å². The summed E-state index contributed by atoms with van der Waals surface area (Å²) in [6.07, 6.45) is -2.35. The van der Waals surface area contributed by atoms with Gasteiger partial charge in [-0.15, -0.1) is 0 Å². The van der Waals surface area contributed by atoms with Gasteiger partial charge in [-0.3, -0.25) is 4.90 Å². The second kappa shape index (κ2) is 16.6. The predicted molar refractivity (Wildman–Crippen MR) is 170 cm³/mol. The fraction of sp³-hybridized carbons (Fsp3) is 0.588. The Morgan fingerprint density at radius 1 is 0.674 bits per heavy atom. The van der Waals surface area contributed by atoms with Crippen LogP contribution in [0.3, 0.4) is 0 Å². The van der Waals surface area contributed by atoms with Crippen LogP contribution in [0, 0.1) is 5.92 Å². The number of amides is 2. The van der Waals surface area contributed by atoms with E-state index >= 15 is 0 Å². The van der Waals surface area contributed by atoms with Gasteiger partial charge in [0.25, 0.3) is 0 Å². The van der Waals surface area contributed by atoms with Gasteiger partial charge in [0.2, 0.25) is 0 Å². The summed E-state index contributed by atoms with van der Waals surface area (Å²) in [5, 5.41) is 28.7. The number of aliphatic hydroxyl groups is 2. The Morgan fingerprint density at radius 2 is 1.02 bits per heavy atom. The zero-order chi connectivity index (χ0) is 32.2. The molecule has 43 heavy (non-hydrogen) atoms. The van der Waals surface area contributed by atoms with Crippen LogP contribution in [-0.4, -0.2) is 82.4 Å². The molecule has 0 fully saturated rings. The quantitative estimate of drug-likeness (QED) is 0.243. The molecular weight excluding hydrogens is 546 g/mol. The first kappa shape index (κ1) is 36.1. The molecule has 0 aromatic heterocycles. The first-order valence-corrected chi connectivity index (χ1v) is 15.2. The number of hydrogen-bond donors (Lipinski definition) is 4. The second-order valence-corrected chi connectivity index (χ2v) is 13.6. The molecule has 0 aliphatic rings. The van der Waals surface area contributed by atoms with Gasteiger partial charge >= 0.3 is 12.2 Å². The van der Waals surface area contributed by atoms with Crippen molar-refractivity contribution < 1.29 is 29.3 Å². The van der Waals surface area contributed by atoms with Crippen LogP contribution in [0.2, 0.25) is 0 Å². The summed E-state index contributed by atoms with van der Waals surface area (Å²) in [5.41, 5.74) is 0.550. The third kappa shape index (κ3) is 15.2. The fourth-order valence-corrected chi connectivity index (χ4v) is 4.74. The Labute approximate surface area is 258 Å². The highest BCUT2D eigenvalue weighted by Crippen LogP contribution is 2.15. The molecule has 2 aromatic rings. The maximum absolute atomic E-state index is 12.7. The van der Waals surface area contributed by atoms with Gasteiger partial charge in [-0.25, -0.2) is 9.59 Å².